The van der Waals surface area contributed by atoms with Crippen LogP contribution in [0.5, 0.6) is 0 Å². The van der Waals surface area contributed by atoms with Crippen LogP contribution in [0.1, 0.15) is 77.2 Å². The maximum Gasteiger partial charge on any atom is 0.191 e. The topological polar surface area (TPSA) is 62.5 Å². The Balaban J connectivity index is 0.00000288. The lowest BCUT2D eigenvalue weighted by Crippen LogP contribution is -2.44. The molecule has 2 N–H and O–H groups in total. The van der Waals surface area contributed by atoms with E-state index in [4.69, 9.17) is 4.52 Å². The van der Waals surface area contributed by atoms with Crippen LogP contribution in [-0.4, -0.2) is 23.7 Å². The molecule has 0 saturated heterocycles. The summed E-state index contributed by atoms with van der Waals surface area (Å²) >= 11 is 0. The average Bonchev–Trinajstić information content (AvgIpc) is 3.03. The number of hydrogen-bond acceptors (Lipinski definition) is 3. The number of nitrogens with zero attached hydrogens (tertiary/aromatic N) is 2. The third kappa shape index (κ3) is 6.61. The monoisotopic (exact) mass is 448 g/mol. The van der Waals surface area contributed by atoms with Crippen molar-refractivity contribution in [2.75, 3.05) is 6.54 Å². The molecule has 1 aromatic rings. The maximum absolute atomic E-state index is 5.36. The van der Waals surface area contributed by atoms with E-state index in [-0.39, 0.29) is 24.0 Å². The SMILES string of the molecule is CCNC(=NCc1cc(C(C)C)no1)NC1CCC(CC)CC1.I. The Morgan fingerprint density at radius 1 is 1.29 bits per heavy atom. The van der Waals surface area contributed by atoms with E-state index >= 15 is 0 Å². The first-order chi connectivity index (χ1) is 11.1. The average molecular weight is 448 g/mol. The molecule has 0 bridgehead atoms. The Bertz CT molecular complexity index is 493. The first-order valence-corrected chi connectivity index (χ1v) is 9.12. The summed E-state index contributed by atoms with van der Waals surface area (Å²) in [6.45, 7) is 10.0. The summed E-state index contributed by atoms with van der Waals surface area (Å²) in [5.41, 5.74) is 0.992. The summed E-state index contributed by atoms with van der Waals surface area (Å²) in [4.78, 5) is 4.65. The van der Waals surface area contributed by atoms with Gasteiger partial charge in [-0.3, -0.25) is 0 Å². The van der Waals surface area contributed by atoms with Crippen molar-refractivity contribution in [2.24, 2.45) is 10.9 Å². The first kappa shape index (κ1) is 21.3. The summed E-state index contributed by atoms with van der Waals surface area (Å²) in [5.74, 6) is 3.00. The number of aliphatic imine (C=N–C) groups is 1. The Morgan fingerprint density at radius 3 is 2.54 bits per heavy atom. The first-order valence-electron chi connectivity index (χ1n) is 9.12. The van der Waals surface area contributed by atoms with Gasteiger partial charge >= 0.3 is 0 Å². The molecule has 0 amide bonds. The van der Waals surface area contributed by atoms with E-state index in [2.05, 4.69) is 48.5 Å². The minimum absolute atomic E-state index is 0. The van der Waals surface area contributed by atoms with Gasteiger partial charge in [-0.25, -0.2) is 4.99 Å². The van der Waals surface area contributed by atoms with Gasteiger partial charge in [-0.1, -0.05) is 32.3 Å². The fraction of sp³-hybridized carbons (Fsp3) is 0.778. The molecule has 1 saturated carbocycles. The van der Waals surface area contributed by atoms with Crippen LogP contribution in [0.4, 0.5) is 0 Å². The van der Waals surface area contributed by atoms with Crippen LogP contribution >= 0.6 is 24.0 Å². The van der Waals surface area contributed by atoms with Crippen LogP contribution in [0.3, 0.4) is 0 Å². The van der Waals surface area contributed by atoms with Crippen molar-refractivity contribution in [3.8, 4) is 0 Å². The molecule has 1 aliphatic carbocycles. The largest absolute Gasteiger partial charge is 0.359 e. The molecule has 1 heterocycles. The molecule has 0 aromatic carbocycles. The quantitative estimate of drug-likeness (QED) is 0.384. The number of guanidine groups is 1. The minimum Gasteiger partial charge on any atom is -0.359 e. The second-order valence-electron chi connectivity index (χ2n) is 6.84. The second-order valence-corrected chi connectivity index (χ2v) is 6.84. The molecule has 0 atom stereocenters. The molecule has 0 radical (unpaired) electrons. The molecule has 6 heteroatoms. The van der Waals surface area contributed by atoms with E-state index in [1.54, 1.807) is 0 Å². The molecule has 0 spiro atoms. The van der Waals surface area contributed by atoms with E-state index in [1.807, 2.05) is 6.07 Å². The predicted octanol–water partition coefficient (Wildman–Crippen LogP) is 4.44. The number of hydrogen-bond donors (Lipinski definition) is 2. The number of halogens is 1. The van der Waals surface area contributed by atoms with Gasteiger partial charge < -0.3 is 15.2 Å². The Hall–Kier alpha value is -0.790. The lowest BCUT2D eigenvalue weighted by atomic mass is 9.84. The molecule has 0 aliphatic heterocycles. The standard InChI is InChI=1S/C18H32N4O.HI/c1-5-14-7-9-15(10-8-14)21-18(19-6-2)20-12-16-11-17(13(3)4)22-23-16;/h11,13-15H,5-10,12H2,1-4H3,(H2,19,20,21);1H. The van der Waals surface area contributed by atoms with Crippen molar-refractivity contribution in [1.29, 1.82) is 0 Å². The van der Waals surface area contributed by atoms with Crippen molar-refractivity contribution in [2.45, 2.75) is 78.3 Å². The van der Waals surface area contributed by atoms with Crippen LogP contribution in [-0.2, 0) is 6.54 Å². The van der Waals surface area contributed by atoms with Gasteiger partial charge in [0, 0.05) is 18.7 Å². The van der Waals surface area contributed by atoms with Gasteiger partial charge in [0.25, 0.3) is 0 Å². The summed E-state index contributed by atoms with van der Waals surface area (Å²) in [7, 11) is 0. The van der Waals surface area contributed by atoms with Crippen LogP contribution in [0, 0.1) is 5.92 Å². The third-order valence-electron chi connectivity index (χ3n) is 4.67. The van der Waals surface area contributed by atoms with Crippen molar-refractivity contribution in [3.63, 3.8) is 0 Å². The van der Waals surface area contributed by atoms with Gasteiger partial charge in [0.05, 0.1) is 5.69 Å². The van der Waals surface area contributed by atoms with Gasteiger partial charge in [-0.2, -0.15) is 0 Å². The molecule has 138 valence electrons. The van der Waals surface area contributed by atoms with Gasteiger partial charge in [0.2, 0.25) is 0 Å². The van der Waals surface area contributed by atoms with Crippen molar-refractivity contribution in [3.05, 3.63) is 17.5 Å². The van der Waals surface area contributed by atoms with E-state index in [0.717, 1.165) is 29.9 Å². The summed E-state index contributed by atoms with van der Waals surface area (Å²) in [6.07, 6.45) is 6.44. The van der Waals surface area contributed by atoms with E-state index in [1.165, 1.54) is 32.1 Å². The molecule has 2 rings (SSSR count). The molecule has 5 nitrogen and oxygen atoms in total. The summed E-state index contributed by atoms with van der Waals surface area (Å²) in [6, 6.07) is 2.54. The molecular formula is C18H33IN4O. The summed E-state index contributed by atoms with van der Waals surface area (Å²) < 4.78 is 5.36. The molecular weight excluding hydrogens is 415 g/mol. The van der Waals surface area contributed by atoms with Crippen LogP contribution in [0.15, 0.2) is 15.6 Å². The Labute approximate surface area is 163 Å². The smallest absolute Gasteiger partial charge is 0.191 e. The predicted molar refractivity (Wildman–Crippen MR) is 110 cm³/mol. The Kier molecular flexibility index (Phi) is 9.69. The Morgan fingerprint density at radius 2 is 2.00 bits per heavy atom. The zero-order valence-electron chi connectivity index (χ0n) is 15.5. The highest BCUT2D eigenvalue weighted by Gasteiger charge is 2.20. The zero-order valence-corrected chi connectivity index (χ0v) is 17.8. The van der Waals surface area contributed by atoms with Crippen molar-refractivity contribution in [1.82, 2.24) is 15.8 Å². The van der Waals surface area contributed by atoms with Crippen LogP contribution in [0.2, 0.25) is 0 Å². The summed E-state index contributed by atoms with van der Waals surface area (Å²) in [5, 5.41) is 11.0. The normalized spacial score (nSPS) is 21.5. The minimum atomic E-state index is 0. The maximum atomic E-state index is 5.36. The molecule has 1 aliphatic rings. The van der Waals surface area contributed by atoms with Gasteiger partial charge in [0.1, 0.15) is 6.54 Å². The third-order valence-corrected chi connectivity index (χ3v) is 4.67. The number of nitrogens with one attached hydrogen (secondary N) is 2. The molecule has 1 fully saturated rings. The molecule has 0 unspecified atom stereocenters. The fourth-order valence-electron chi connectivity index (χ4n) is 3.06. The van der Waals surface area contributed by atoms with Gasteiger partial charge in [0.15, 0.2) is 11.7 Å². The lowest BCUT2D eigenvalue weighted by molar-refractivity contribution is 0.304. The lowest BCUT2D eigenvalue weighted by Gasteiger charge is -2.29. The number of aromatic nitrogens is 1. The highest BCUT2D eigenvalue weighted by molar-refractivity contribution is 14.0. The second kappa shape index (κ2) is 10.9. The highest BCUT2D eigenvalue weighted by Crippen LogP contribution is 2.26. The van der Waals surface area contributed by atoms with Gasteiger partial charge in [-0.15, -0.1) is 24.0 Å². The number of rotatable bonds is 6. The van der Waals surface area contributed by atoms with Crippen molar-refractivity contribution < 1.29 is 4.52 Å². The van der Waals surface area contributed by atoms with Crippen LogP contribution < -0.4 is 10.6 Å². The zero-order chi connectivity index (χ0) is 16.7. The molecule has 24 heavy (non-hydrogen) atoms. The van der Waals surface area contributed by atoms with Crippen molar-refractivity contribution >= 4 is 29.9 Å². The van der Waals surface area contributed by atoms with E-state index in [9.17, 15) is 0 Å². The van der Waals surface area contributed by atoms with E-state index < -0.39 is 0 Å². The van der Waals surface area contributed by atoms with Crippen LogP contribution in [0.25, 0.3) is 0 Å². The fourth-order valence-corrected chi connectivity index (χ4v) is 3.06. The van der Waals surface area contributed by atoms with Gasteiger partial charge in [-0.05, 0) is 44.4 Å². The van der Waals surface area contributed by atoms with E-state index in [0.29, 0.717) is 18.5 Å². The molecule has 1 aromatic heterocycles. The highest BCUT2D eigenvalue weighted by atomic mass is 127.